The molecule has 0 unspecified atom stereocenters. The average Bonchev–Trinajstić information content (AvgIpc) is 2.42. The van der Waals surface area contributed by atoms with Crippen molar-refractivity contribution in [2.24, 2.45) is 5.16 Å². The maximum Gasteiger partial charge on any atom is 0.144 e. The van der Waals surface area contributed by atoms with Crippen molar-refractivity contribution in [3.63, 3.8) is 0 Å². The van der Waals surface area contributed by atoms with Crippen LogP contribution in [-0.4, -0.2) is 23.3 Å². The number of oxime groups is 1. The van der Waals surface area contributed by atoms with Gasteiger partial charge in [-0.2, -0.15) is 0 Å². The number of anilines is 3. The molecule has 0 atom stereocenters. The lowest BCUT2D eigenvalue weighted by Crippen LogP contribution is -2.05. The molecule has 1 aromatic heterocycles. The molecule has 2 rings (SSSR count). The van der Waals surface area contributed by atoms with Gasteiger partial charge in [0.15, 0.2) is 0 Å². The summed E-state index contributed by atoms with van der Waals surface area (Å²) in [6.45, 7) is 1.94. The molecule has 0 radical (unpaired) electrons. The first-order chi connectivity index (χ1) is 9.61. The zero-order valence-corrected chi connectivity index (χ0v) is 11.8. The third-order valence-corrected chi connectivity index (χ3v) is 3.04. The number of hydrogen-bond acceptors (Lipinski definition) is 6. The summed E-state index contributed by atoms with van der Waals surface area (Å²) in [5, 5.41) is 7.48. The van der Waals surface area contributed by atoms with E-state index in [-0.39, 0.29) is 0 Å². The largest absolute Gasteiger partial charge is 0.399 e. The minimum atomic E-state index is 0.307. The molecule has 2 aromatic rings. The Kier molecular flexibility index (Phi) is 4.37. The van der Waals surface area contributed by atoms with Gasteiger partial charge in [-0.15, -0.1) is 0 Å². The van der Waals surface area contributed by atoms with E-state index in [0.29, 0.717) is 22.2 Å². The van der Waals surface area contributed by atoms with Crippen LogP contribution in [0.1, 0.15) is 11.1 Å². The minimum absolute atomic E-state index is 0.307. The Morgan fingerprint density at radius 1 is 1.40 bits per heavy atom. The highest BCUT2D eigenvalue weighted by Gasteiger charge is 2.08. The number of nitrogens with two attached hydrogens (primary N) is 1. The van der Waals surface area contributed by atoms with Crippen molar-refractivity contribution in [1.82, 2.24) is 9.97 Å². The molecule has 0 aliphatic heterocycles. The van der Waals surface area contributed by atoms with Crippen LogP contribution in [0.4, 0.5) is 17.3 Å². The Labute approximate surface area is 121 Å². The van der Waals surface area contributed by atoms with Gasteiger partial charge >= 0.3 is 0 Å². The van der Waals surface area contributed by atoms with Gasteiger partial charge < -0.3 is 15.9 Å². The lowest BCUT2D eigenvalue weighted by Gasteiger charge is -2.10. The summed E-state index contributed by atoms with van der Waals surface area (Å²) in [6, 6.07) is 5.63. The SMILES string of the molecule is CON=Cc1c(N)ncnc1Nc1ccc(C)c(Cl)c1. The molecule has 0 aliphatic rings. The summed E-state index contributed by atoms with van der Waals surface area (Å²) in [5.41, 5.74) is 8.15. The zero-order valence-electron chi connectivity index (χ0n) is 11.1. The van der Waals surface area contributed by atoms with E-state index < -0.39 is 0 Å². The first-order valence-corrected chi connectivity index (χ1v) is 6.19. The molecule has 0 saturated carbocycles. The van der Waals surface area contributed by atoms with Crippen molar-refractivity contribution in [3.05, 3.63) is 40.7 Å². The predicted molar refractivity (Wildman–Crippen MR) is 80.5 cm³/mol. The van der Waals surface area contributed by atoms with Crippen LogP contribution < -0.4 is 11.1 Å². The lowest BCUT2D eigenvalue weighted by molar-refractivity contribution is 0.215. The molecule has 1 heterocycles. The maximum atomic E-state index is 6.09. The van der Waals surface area contributed by atoms with Crippen LogP contribution in [0.3, 0.4) is 0 Å². The monoisotopic (exact) mass is 291 g/mol. The third-order valence-electron chi connectivity index (χ3n) is 2.64. The second-order valence-corrected chi connectivity index (χ2v) is 4.43. The summed E-state index contributed by atoms with van der Waals surface area (Å²) in [5.74, 6) is 0.833. The molecular weight excluding hydrogens is 278 g/mol. The topological polar surface area (TPSA) is 85.4 Å². The first kappa shape index (κ1) is 14.1. The predicted octanol–water partition coefficient (Wildman–Crippen LogP) is 2.74. The van der Waals surface area contributed by atoms with Gasteiger partial charge in [0.2, 0.25) is 0 Å². The van der Waals surface area contributed by atoms with Gasteiger partial charge in [0.25, 0.3) is 0 Å². The van der Waals surface area contributed by atoms with Crippen LogP contribution in [0.2, 0.25) is 5.02 Å². The third kappa shape index (κ3) is 3.16. The molecule has 0 spiro atoms. The summed E-state index contributed by atoms with van der Waals surface area (Å²) in [4.78, 5) is 12.7. The highest BCUT2D eigenvalue weighted by Crippen LogP contribution is 2.24. The van der Waals surface area contributed by atoms with Crippen LogP contribution in [0.25, 0.3) is 0 Å². The number of halogens is 1. The quantitative estimate of drug-likeness (QED) is 0.668. The van der Waals surface area contributed by atoms with E-state index in [1.165, 1.54) is 19.7 Å². The number of nitrogens with one attached hydrogen (secondary N) is 1. The molecule has 104 valence electrons. The van der Waals surface area contributed by atoms with E-state index >= 15 is 0 Å². The Hall–Kier alpha value is -2.34. The Balaban J connectivity index is 2.35. The van der Waals surface area contributed by atoms with E-state index in [4.69, 9.17) is 17.3 Å². The van der Waals surface area contributed by atoms with Crippen molar-refractivity contribution in [3.8, 4) is 0 Å². The lowest BCUT2D eigenvalue weighted by atomic mass is 10.2. The zero-order chi connectivity index (χ0) is 14.5. The molecule has 0 amide bonds. The van der Waals surface area contributed by atoms with Crippen molar-refractivity contribution in [2.75, 3.05) is 18.2 Å². The second-order valence-electron chi connectivity index (χ2n) is 4.03. The molecule has 0 saturated heterocycles. The Morgan fingerprint density at radius 2 is 2.20 bits per heavy atom. The standard InChI is InChI=1S/C13H14ClN5O/c1-8-3-4-9(5-11(8)14)19-13-10(6-18-20-2)12(15)16-7-17-13/h3-7H,1-2H3,(H3,15,16,17,19). The van der Waals surface area contributed by atoms with Crippen molar-refractivity contribution >= 4 is 35.1 Å². The van der Waals surface area contributed by atoms with Crippen LogP contribution in [0.5, 0.6) is 0 Å². The minimum Gasteiger partial charge on any atom is -0.399 e. The highest BCUT2D eigenvalue weighted by atomic mass is 35.5. The number of benzene rings is 1. The number of aryl methyl sites for hydroxylation is 1. The van der Waals surface area contributed by atoms with Crippen LogP contribution in [-0.2, 0) is 4.84 Å². The normalized spacial score (nSPS) is 10.8. The number of hydrogen-bond donors (Lipinski definition) is 2. The average molecular weight is 292 g/mol. The van der Waals surface area contributed by atoms with E-state index in [0.717, 1.165) is 11.3 Å². The Morgan fingerprint density at radius 3 is 2.90 bits per heavy atom. The molecule has 3 N–H and O–H groups in total. The molecular formula is C13H14ClN5O. The molecule has 0 bridgehead atoms. The van der Waals surface area contributed by atoms with Gasteiger partial charge in [-0.05, 0) is 24.6 Å². The molecule has 6 nitrogen and oxygen atoms in total. The number of rotatable bonds is 4. The number of nitrogen functional groups attached to an aromatic ring is 1. The van der Waals surface area contributed by atoms with E-state index in [2.05, 4.69) is 25.3 Å². The summed E-state index contributed by atoms with van der Waals surface area (Å²) >= 11 is 6.09. The summed E-state index contributed by atoms with van der Waals surface area (Å²) < 4.78 is 0. The summed E-state index contributed by atoms with van der Waals surface area (Å²) in [6.07, 6.45) is 2.82. The van der Waals surface area contributed by atoms with Crippen LogP contribution in [0, 0.1) is 6.92 Å². The van der Waals surface area contributed by atoms with Gasteiger partial charge in [-0.25, -0.2) is 9.97 Å². The van der Waals surface area contributed by atoms with E-state index in [9.17, 15) is 0 Å². The Bertz CT molecular complexity index is 645. The van der Waals surface area contributed by atoms with Crippen molar-refractivity contribution in [2.45, 2.75) is 6.92 Å². The van der Waals surface area contributed by atoms with Crippen molar-refractivity contribution < 1.29 is 4.84 Å². The number of aromatic nitrogens is 2. The van der Waals surface area contributed by atoms with E-state index in [1.54, 1.807) is 0 Å². The summed E-state index contributed by atoms with van der Waals surface area (Å²) in [7, 11) is 1.45. The van der Waals surface area contributed by atoms with Crippen molar-refractivity contribution in [1.29, 1.82) is 0 Å². The molecule has 0 aliphatic carbocycles. The van der Waals surface area contributed by atoms with Gasteiger partial charge in [-0.3, -0.25) is 0 Å². The van der Waals surface area contributed by atoms with Crippen LogP contribution in [0.15, 0.2) is 29.7 Å². The first-order valence-electron chi connectivity index (χ1n) is 5.82. The fourth-order valence-electron chi connectivity index (χ4n) is 1.55. The van der Waals surface area contributed by atoms with Gasteiger partial charge in [0, 0.05) is 10.7 Å². The molecule has 0 fully saturated rings. The maximum absolute atomic E-state index is 6.09. The van der Waals surface area contributed by atoms with E-state index in [1.807, 2.05) is 25.1 Å². The fraction of sp³-hybridized carbons (Fsp3) is 0.154. The second kappa shape index (κ2) is 6.21. The highest BCUT2D eigenvalue weighted by molar-refractivity contribution is 6.31. The fourth-order valence-corrected chi connectivity index (χ4v) is 1.73. The molecule has 7 heteroatoms. The molecule has 1 aromatic carbocycles. The van der Waals surface area contributed by atoms with Gasteiger partial charge in [0.1, 0.15) is 25.1 Å². The van der Waals surface area contributed by atoms with Crippen LogP contribution >= 0.6 is 11.6 Å². The van der Waals surface area contributed by atoms with Gasteiger partial charge in [0.05, 0.1) is 11.8 Å². The van der Waals surface area contributed by atoms with Gasteiger partial charge in [-0.1, -0.05) is 22.8 Å². The molecule has 20 heavy (non-hydrogen) atoms. The smallest absolute Gasteiger partial charge is 0.144 e. The number of nitrogens with zero attached hydrogens (tertiary/aromatic N) is 3.